The zero-order chi connectivity index (χ0) is 22.6. The first-order valence-corrected chi connectivity index (χ1v) is 12.0. The molecule has 0 saturated carbocycles. The second-order valence-electron chi connectivity index (χ2n) is 6.63. The Bertz CT molecular complexity index is 1200. The van der Waals surface area contributed by atoms with Crippen molar-refractivity contribution in [2.24, 2.45) is 0 Å². The smallest absolute Gasteiger partial charge is 0.249 e. The number of ether oxygens (including phenoxy) is 1. The van der Waals surface area contributed by atoms with Crippen LogP contribution in [0.3, 0.4) is 0 Å². The van der Waals surface area contributed by atoms with Gasteiger partial charge in [0.25, 0.3) is 0 Å². The highest BCUT2D eigenvalue weighted by atomic mass is 35.5. The molecule has 1 saturated heterocycles. The van der Waals surface area contributed by atoms with Crippen LogP contribution in [-0.4, -0.2) is 55.7 Å². The number of sulfonamides is 1. The van der Waals surface area contributed by atoms with Gasteiger partial charge in [0.05, 0.1) is 34.6 Å². The number of hydrogen-bond acceptors (Lipinski definition) is 7. The quantitative estimate of drug-likeness (QED) is 0.601. The fourth-order valence-electron chi connectivity index (χ4n) is 2.95. The third kappa shape index (κ3) is 5.47. The minimum Gasteiger partial charge on any atom is -0.379 e. The standard InChI is InChI=1S/C19H19ClN4O5S2/c1-12-8-17(25)23-19(14(12)10-21)30-11-18(26)22-13-2-3-15(20)16(9-13)31(27,28)24-4-6-29-7-5-24/h2-3,8-9H,4-7,11H2,1H3,(H,22,26)(H,23,25). The van der Waals surface area contributed by atoms with E-state index < -0.39 is 15.9 Å². The number of nitriles is 1. The number of nitrogens with one attached hydrogen (secondary N) is 2. The highest BCUT2D eigenvalue weighted by Gasteiger charge is 2.28. The maximum Gasteiger partial charge on any atom is 0.249 e. The first kappa shape index (κ1) is 23.3. The summed E-state index contributed by atoms with van der Waals surface area (Å²) in [6.45, 7) is 2.69. The summed E-state index contributed by atoms with van der Waals surface area (Å²) in [4.78, 5) is 26.5. The van der Waals surface area contributed by atoms with Gasteiger partial charge in [0.2, 0.25) is 21.5 Å². The van der Waals surface area contributed by atoms with Gasteiger partial charge in [-0.15, -0.1) is 0 Å². The Kier molecular flexibility index (Phi) is 7.40. The molecule has 12 heteroatoms. The maximum absolute atomic E-state index is 12.9. The summed E-state index contributed by atoms with van der Waals surface area (Å²) in [5, 5.41) is 12.2. The molecule has 0 atom stereocenters. The second kappa shape index (κ2) is 9.84. The largest absolute Gasteiger partial charge is 0.379 e. The Morgan fingerprint density at radius 3 is 2.74 bits per heavy atom. The molecule has 2 aromatic rings. The van der Waals surface area contributed by atoms with Crippen molar-refractivity contribution >= 4 is 45.0 Å². The van der Waals surface area contributed by atoms with Crippen molar-refractivity contribution in [3.63, 3.8) is 0 Å². The fraction of sp³-hybridized carbons (Fsp3) is 0.316. The van der Waals surface area contributed by atoms with Crippen LogP contribution in [0.15, 0.2) is 39.0 Å². The average molecular weight is 483 g/mol. The molecule has 0 unspecified atom stereocenters. The zero-order valence-electron chi connectivity index (χ0n) is 16.5. The van der Waals surface area contributed by atoms with Gasteiger partial charge in [-0.3, -0.25) is 9.59 Å². The maximum atomic E-state index is 12.9. The van der Waals surface area contributed by atoms with Crippen LogP contribution in [0.5, 0.6) is 0 Å². The van der Waals surface area contributed by atoms with Crippen molar-refractivity contribution in [2.75, 3.05) is 37.4 Å². The molecule has 164 valence electrons. The van der Waals surface area contributed by atoms with E-state index >= 15 is 0 Å². The van der Waals surface area contributed by atoms with Crippen LogP contribution in [-0.2, 0) is 19.6 Å². The summed E-state index contributed by atoms with van der Waals surface area (Å²) in [5.74, 6) is -0.532. The van der Waals surface area contributed by atoms with Crippen molar-refractivity contribution in [1.82, 2.24) is 9.29 Å². The number of benzene rings is 1. The van der Waals surface area contributed by atoms with E-state index in [0.29, 0.717) is 29.4 Å². The Labute approximate surface area is 188 Å². The molecule has 1 fully saturated rings. The van der Waals surface area contributed by atoms with Crippen molar-refractivity contribution < 1.29 is 17.9 Å². The molecule has 0 radical (unpaired) electrons. The molecule has 31 heavy (non-hydrogen) atoms. The van der Waals surface area contributed by atoms with Gasteiger partial charge in [0, 0.05) is 24.8 Å². The number of hydrogen-bond donors (Lipinski definition) is 2. The SMILES string of the molecule is Cc1cc(=O)[nH]c(SCC(=O)Nc2ccc(Cl)c(S(=O)(=O)N3CCOCC3)c2)c1C#N. The molecule has 2 N–H and O–H groups in total. The van der Waals surface area contributed by atoms with Gasteiger partial charge >= 0.3 is 0 Å². The topological polar surface area (TPSA) is 132 Å². The Morgan fingerprint density at radius 1 is 1.35 bits per heavy atom. The predicted octanol–water partition coefficient (Wildman–Crippen LogP) is 1.96. The van der Waals surface area contributed by atoms with Crippen molar-refractivity contribution in [2.45, 2.75) is 16.8 Å². The molecular weight excluding hydrogens is 464 g/mol. The number of rotatable bonds is 6. The van der Waals surface area contributed by atoms with Gasteiger partial charge in [-0.1, -0.05) is 23.4 Å². The number of aromatic nitrogens is 1. The number of pyridine rings is 1. The van der Waals surface area contributed by atoms with Crippen LogP contribution in [0.1, 0.15) is 11.1 Å². The van der Waals surface area contributed by atoms with Crippen LogP contribution in [0.4, 0.5) is 5.69 Å². The number of thioether (sulfide) groups is 1. The summed E-state index contributed by atoms with van der Waals surface area (Å²) < 4.78 is 32.3. The highest BCUT2D eigenvalue weighted by molar-refractivity contribution is 8.00. The summed E-state index contributed by atoms with van der Waals surface area (Å²) in [7, 11) is -3.84. The van der Waals surface area contributed by atoms with E-state index in [1.165, 1.54) is 28.6 Å². The van der Waals surface area contributed by atoms with Crippen LogP contribution in [0, 0.1) is 18.3 Å². The number of carbonyl (C=O) groups excluding carboxylic acids is 1. The number of aromatic amines is 1. The Morgan fingerprint density at radius 2 is 2.06 bits per heavy atom. The lowest BCUT2D eigenvalue weighted by molar-refractivity contribution is -0.113. The molecule has 0 spiro atoms. The summed E-state index contributed by atoms with van der Waals surface area (Å²) in [5.41, 5.74) is 0.711. The van der Waals surface area contributed by atoms with Gasteiger partial charge in [0.15, 0.2) is 0 Å². The summed E-state index contributed by atoms with van der Waals surface area (Å²) in [6.07, 6.45) is 0. The molecule has 0 bridgehead atoms. The highest BCUT2D eigenvalue weighted by Crippen LogP contribution is 2.28. The third-order valence-electron chi connectivity index (χ3n) is 4.47. The van der Waals surface area contributed by atoms with Crippen LogP contribution >= 0.6 is 23.4 Å². The first-order chi connectivity index (χ1) is 14.7. The number of carbonyl (C=O) groups is 1. The third-order valence-corrected chi connectivity index (χ3v) is 7.85. The minimum atomic E-state index is -3.84. The number of morpholine rings is 1. The molecule has 1 aromatic heterocycles. The number of nitrogens with zero attached hydrogens (tertiary/aromatic N) is 2. The van der Waals surface area contributed by atoms with Gasteiger partial charge < -0.3 is 15.0 Å². The number of anilines is 1. The molecule has 2 heterocycles. The monoisotopic (exact) mass is 482 g/mol. The van der Waals surface area contributed by atoms with Gasteiger partial charge in [-0.2, -0.15) is 9.57 Å². The predicted molar refractivity (Wildman–Crippen MR) is 117 cm³/mol. The lowest BCUT2D eigenvalue weighted by Gasteiger charge is -2.26. The van der Waals surface area contributed by atoms with E-state index in [-0.39, 0.29) is 40.0 Å². The minimum absolute atomic E-state index is 0.0508. The molecular formula is C19H19ClN4O5S2. The molecule has 1 aliphatic heterocycles. The van der Waals surface area contributed by atoms with E-state index in [2.05, 4.69) is 10.3 Å². The van der Waals surface area contributed by atoms with Crippen molar-refractivity contribution in [3.8, 4) is 6.07 Å². The Hall–Kier alpha value is -2.36. The number of halogens is 1. The summed E-state index contributed by atoms with van der Waals surface area (Å²) >= 11 is 7.13. The van der Waals surface area contributed by atoms with Gasteiger partial charge in [-0.05, 0) is 30.7 Å². The number of H-pyrrole nitrogens is 1. The lowest BCUT2D eigenvalue weighted by Crippen LogP contribution is -2.40. The number of amides is 1. The van der Waals surface area contributed by atoms with Crippen LogP contribution < -0.4 is 10.9 Å². The first-order valence-electron chi connectivity index (χ1n) is 9.16. The Balaban J connectivity index is 1.74. The normalized spacial score (nSPS) is 14.7. The molecule has 9 nitrogen and oxygen atoms in total. The lowest BCUT2D eigenvalue weighted by atomic mass is 10.2. The molecule has 1 amide bonds. The van der Waals surface area contributed by atoms with Gasteiger partial charge in [-0.25, -0.2) is 8.42 Å². The second-order valence-corrected chi connectivity index (χ2v) is 9.93. The van der Waals surface area contributed by atoms with Crippen molar-refractivity contribution in [1.29, 1.82) is 5.26 Å². The average Bonchev–Trinajstić information content (AvgIpc) is 2.74. The van der Waals surface area contributed by atoms with E-state index in [1.54, 1.807) is 6.92 Å². The van der Waals surface area contributed by atoms with Crippen molar-refractivity contribution in [3.05, 3.63) is 50.8 Å². The van der Waals surface area contributed by atoms with Crippen LogP contribution in [0.2, 0.25) is 5.02 Å². The molecule has 1 aliphatic rings. The van der Waals surface area contributed by atoms with E-state index in [1.807, 2.05) is 6.07 Å². The van der Waals surface area contributed by atoms with E-state index in [0.717, 1.165) is 11.8 Å². The van der Waals surface area contributed by atoms with Gasteiger partial charge in [0.1, 0.15) is 11.0 Å². The zero-order valence-corrected chi connectivity index (χ0v) is 18.9. The molecule has 3 rings (SSSR count). The fourth-order valence-corrected chi connectivity index (χ4v) is 5.72. The molecule has 0 aliphatic carbocycles. The van der Waals surface area contributed by atoms with E-state index in [9.17, 15) is 23.3 Å². The molecule has 1 aromatic carbocycles. The summed E-state index contributed by atoms with van der Waals surface area (Å²) in [6, 6.07) is 7.54. The van der Waals surface area contributed by atoms with Crippen LogP contribution in [0.25, 0.3) is 0 Å². The number of aryl methyl sites for hydroxylation is 1. The van der Waals surface area contributed by atoms with E-state index in [4.69, 9.17) is 16.3 Å².